The van der Waals surface area contributed by atoms with Crippen LogP contribution < -0.4 is 0 Å². The lowest BCUT2D eigenvalue weighted by Crippen LogP contribution is -2.54. The van der Waals surface area contributed by atoms with E-state index in [2.05, 4.69) is 0 Å². The molecule has 5 atom stereocenters. The van der Waals surface area contributed by atoms with Gasteiger partial charge in [-0.15, -0.1) is 0 Å². The molecule has 23 heavy (non-hydrogen) atoms. The number of aliphatic hydroxyl groups excluding tert-OH is 2. The first-order valence-corrected chi connectivity index (χ1v) is 10.7. The molecule has 4 bridgehead atoms. The van der Waals surface area contributed by atoms with E-state index in [1.54, 1.807) is 0 Å². The zero-order valence-electron chi connectivity index (χ0n) is 13.5. The summed E-state index contributed by atoms with van der Waals surface area (Å²) in [4.78, 5) is 9.26. The second-order valence-corrected chi connectivity index (χ2v) is 10.3. The minimum absolute atomic E-state index is 0.0287. The molecule has 1 saturated heterocycles. The van der Waals surface area contributed by atoms with Crippen LogP contribution in [-0.2, 0) is 13.8 Å². The summed E-state index contributed by atoms with van der Waals surface area (Å²) in [6, 6.07) is 0. The molecule has 130 valence electrons. The van der Waals surface area contributed by atoms with Gasteiger partial charge in [0.2, 0.25) is 0 Å². The van der Waals surface area contributed by atoms with Crippen molar-refractivity contribution < 1.29 is 28.9 Å². The van der Waals surface area contributed by atoms with E-state index in [0.717, 1.165) is 44.6 Å². The quantitative estimate of drug-likeness (QED) is 0.506. The number of rotatable bonds is 4. The van der Waals surface area contributed by atoms with Crippen LogP contribution in [0.1, 0.15) is 38.5 Å². The monoisotopic (exact) mass is 344 g/mol. The van der Waals surface area contributed by atoms with Crippen molar-refractivity contribution in [2.75, 3.05) is 6.61 Å². The average Bonchev–Trinajstić information content (AvgIpc) is 2.71. The zero-order chi connectivity index (χ0) is 16.4. The Balaban J connectivity index is 1.50. The van der Waals surface area contributed by atoms with Crippen LogP contribution in [0.4, 0.5) is 0 Å². The molecule has 0 spiro atoms. The van der Waals surface area contributed by atoms with E-state index >= 15 is 0 Å². The third kappa shape index (κ3) is 2.94. The predicted octanol–water partition coefficient (Wildman–Crippen LogP) is 0.442. The Bertz CT molecular complexity index is 487. The van der Waals surface area contributed by atoms with Crippen molar-refractivity contribution in [2.24, 2.45) is 23.2 Å². The molecular weight excluding hydrogens is 318 g/mol. The third-order valence-corrected chi connectivity index (χ3v) is 7.16. The highest BCUT2D eigenvalue weighted by molar-refractivity contribution is 7.78. The van der Waals surface area contributed by atoms with Gasteiger partial charge >= 0.3 is 0 Å². The summed E-state index contributed by atoms with van der Waals surface area (Å²) < 4.78 is 22.2. The van der Waals surface area contributed by atoms with Crippen molar-refractivity contribution in [2.45, 2.75) is 62.9 Å². The van der Waals surface area contributed by atoms with Gasteiger partial charge in [0.1, 0.15) is 18.3 Å². The van der Waals surface area contributed by atoms with Crippen LogP contribution in [0.15, 0.2) is 0 Å². The van der Waals surface area contributed by atoms with E-state index in [-0.39, 0.29) is 18.1 Å². The summed E-state index contributed by atoms with van der Waals surface area (Å²) in [5.41, 5.74) is -0.0287. The smallest absolute Gasteiger partial charge is 0.268 e. The van der Waals surface area contributed by atoms with Gasteiger partial charge in [0, 0.05) is 5.41 Å². The minimum atomic E-state index is -3.61. The molecule has 5 aliphatic rings. The van der Waals surface area contributed by atoms with Gasteiger partial charge in [-0.1, -0.05) is 0 Å². The van der Waals surface area contributed by atoms with E-state index < -0.39 is 25.8 Å². The highest BCUT2D eigenvalue weighted by atomic mass is 31.2. The Labute approximate surface area is 137 Å². The van der Waals surface area contributed by atoms with E-state index in [4.69, 9.17) is 9.26 Å². The van der Waals surface area contributed by atoms with Crippen LogP contribution in [0.3, 0.4) is 0 Å². The van der Waals surface area contributed by atoms with Crippen molar-refractivity contribution >= 4 is 15.0 Å². The van der Waals surface area contributed by atoms with Gasteiger partial charge in [-0.3, -0.25) is 4.57 Å². The van der Waals surface area contributed by atoms with E-state index in [1.807, 2.05) is 0 Å². The molecule has 5 fully saturated rings. The molecule has 1 aliphatic heterocycles. The molecule has 5 rings (SSSR count). The second-order valence-electron chi connectivity index (χ2n) is 8.45. The first-order chi connectivity index (χ1) is 10.8. The molecule has 4 saturated carbocycles. The number of aliphatic hydroxyl groups is 2. The summed E-state index contributed by atoms with van der Waals surface area (Å²) >= 11 is 0. The molecule has 0 amide bonds. The molecule has 1 heterocycles. The van der Waals surface area contributed by atoms with Crippen LogP contribution >= 0.6 is 7.47 Å². The summed E-state index contributed by atoms with van der Waals surface area (Å²) in [6.07, 6.45) is 4.04. The van der Waals surface area contributed by atoms with Gasteiger partial charge in [0.25, 0.3) is 15.0 Å². The molecule has 0 aromatic rings. The van der Waals surface area contributed by atoms with Gasteiger partial charge in [-0.25, -0.2) is 0 Å². The van der Waals surface area contributed by atoms with Gasteiger partial charge in [-0.05, 0) is 56.3 Å². The highest BCUT2D eigenvalue weighted by Gasteiger charge is 2.60. The van der Waals surface area contributed by atoms with Crippen LogP contribution in [0.5, 0.6) is 0 Å². The molecule has 4 aliphatic carbocycles. The molecule has 6 nitrogen and oxygen atoms in total. The summed E-state index contributed by atoms with van der Waals surface area (Å²) in [5, 5.41) is 20.9. The van der Waals surface area contributed by atoms with Crippen molar-refractivity contribution in [3.05, 3.63) is 0 Å². The maximum atomic E-state index is 11.3. The van der Waals surface area contributed by atoms with Gasteiger partial charge in [0.15, 0.2) is 0 Å². The van der Waals surface area contributed by atoms with E-state index in [9.17, 15) is 19.7 Å². The molecule has 0 aromatic carbocycles. The fourth-order valence-corrected chi connectivity index (χ4v) is 6.55. The number of hydrogen-bond donors (Lipinski definition) is 3. The van der Waals surface area contributed by atoms with Crippen molar-refractivity contribution in [3.8, 4) is 0 Å². The first kappa shape index (κ1) is 16.6. The summed E-state index contributed by atoms with van der Waals surface area (Å²) in [7, 11) is -2.50. The summed E-state index contributed by atoms with van der Waals surface area (Å²) in [6.45, 7) is -0.161. The lowest BCUT2D eigenvalue weighted by molar-refractivity contribution is -0.158. The normalized spacial score (nSPS) is 54.3. The van der Waals surface area contributed by atoms with Crippen LogP contribution in [0.2, 0.25) is 0 Å². The third-order valence-electron chi connectivity index (χ3n) is 6.53. The number of hydrogen-bond acceptors (Lipinski definition) is 5. The maximum Gasteiger partial charge on any atom is 0.268 e. The van der Waals surface area contributed by atoms with Crippen molar-refractivity contribution in [3.63, 3.8) is 0 Å². The standard InChI is InChI=1S/C15H26BO6P/c16-23(19,20)21-7-11-12(17)13(18)14(22-11)15-4-8-1-9(5-15)3-10(2-8)6-15/h8-14,17-18H,1-7,16H2,(H,19,20). The highest BCUT2D eigenvalue weighted by Crippen LogP contribution is 2.63. The topological polar surface area (TPSA) is 96.2 Å². The average molecular weight is 344 g/mol. The lowest BCUT2D eigenvalue weighted by Gasteiger charge is -2.59. The fraction of sp³-hybridized carbons (Fsp3) is 1.00. The Morgan fingerprint density at radius 2 is 1.61 bits per heavy atom. The maximum absolute atomic E-state index is 11.3. The molecule has 8 heteroatoms. The minimum Gasteiger partial charge on any atom is -0.388 e. The van der Waals surface area contributed by atoms with Crippen molar-refractivity contribution in [1.82, 2.24) is 0 Å². The second kappa shape index (κ2) is 5.55. The fourth-order valence-electron chi connectivity index (χ4n) is 6.13. The predicted molar refractivity (Wildman–Crippen MR) is 85.6 cm³/mol. The Kier molecular flexibility index (Phi) is 3.99. The Morgan fingerprint density at radius 3 is 2.09 bits per heavy atom. The van der Waals surface area contributed by atoms with Crippen LogP contribution in [-0.4, -0.2) is 53.7 Å². The van der Waals surface area contributed by atoms with Crippen LogP contribution in [0, 0.1) is 23.2 Å². The molecule has 0 radical (unpaired) electrons. The summed E-state index contributed by atoms with van der Waals surface area (Å²) in [5.74, 6) is 2.20. The Hall–Kier alpha value is 0.0949. The molecular formula is C15H26BO6P. The molecule has 0 aromatic heterocycles. The van der Waals surface area contributed by atoms with Gasteiger partial charge in [0.05, 0.1) is 12.7 Å². The molecule has 3 N–H and O–H groups in total. The van der Waals surface area contributed by atoms with Crippen molar-refractivity contribution in [1.29, 1.82) is 0 Å². The SMILES string of the molecule is BP(=O)(O)OCC1OC(C23CC4CC(CC(C4)C2)C3)C(O)C1O. The number of ether oxygens (including phenoxy) is 1. The Morgan fingerprint density at radius 1 is 1.09 bits per heavy atom. The zero-order valence-corrected chi connectivity index (χ0v) is 14.4. The van der Waals surface area contributed by atoms with E-state index in [1.165, 1.54) is 19.3 Å². The van der Waals surface area contributed by atoms with Crippen LogP contribution in [0.25, 0.3) is 0 Å². The van der Waals surface area contributed by atoms with Gasteiger partial charge in [-0.2, -0.15) is 0 Å². The molecule has 5 unspecified atom stereocenters. The lowest BCUT2D eigenvalue weighted by atomic mass is 9.48. The first-order valence-electron chi connectivity index (χ1n) is 8.72. The largest absolute Gasteiger partial charge is 0.388 e. The van der Waals surface area contributed by atoms with E-state index in [0.29, 0.717) is 0 Å². The van der Waals surface area contributed by atoms with Gasteiger partial charge < -0.3 is 24.4 Å².